The predicted molar refractivity (Wildman–Crippen MR) is 82.4 cm³/mol. The van der Waals surface area contributed by atoms with E-state index in [0.717, 1.165) is 11.6 Å². The van der Waals surface area contributed by atoms with E-state index in [9.17, 15) is 4.79 Å². The van der Waals surface area contributed by atoms with Gasteiger partial charge < -0.3 is 10.6 Å². The van der Waals surface area contributed by atoms with E-state index in [4.69, 9.17) is 0 Å². The Hall–Kier alpha value is -1.35. The Morgan fingerprint density at radius 2 is 1.95 bits per heavy atom. The third kappa shape index (κ3) is 3.83. The van der Waals surface area contributed by atoms with Crippen molar-refractivity contribution >= 4 is 11.6 Å². The number of benzene rings is 1. The van der Waals surface area contributed by atoms with Crippen LogP contribution in [0.15, 0.2) is 30.3 Å². The van der Waals surface area contributed by atoms with Gasteiger partial charge in [-0.1, -0.05) is 32.0 Å². The van der Waals surface area contributed by atoms with Crippen LogP contribution in [0.3, 0.4) is 0 Å². The normalized spacial score (nSPS) is 27.9. The molecule has 1 amide bonds. The first-order valence-electron chi connectivity index (χ1n) is 7.79. The van der Waals surface area contributed by atoms with Crippen molar-refractivity contribution < 1.29 is 10.1 Å². The Bertz CT molecular complexity index is 432. The van der Waals surface area contributed by atoms with E-state index in [1.807, 2.05) is 37.3 Å². The minimum Gasteiger partial charge on any atom is -0.334 e. The van der Waals surface area contributed by atoms with Crippen LogP contribution < -0.4 is 10.6 Å². The lowest BCUT2D eigenvalue weighted by molar-refractivity contribution is -0.715. The molecule has 3 heteroatoms. The van der Waals surface area contributed by atoms with Gasteiger partial charge in [-0.15, -0.1) is 0 Å². The number of nitrogens with two attached hydrogens (primary N) is 1. The van der Waals surface area contributed by atoms with Gasteiger partial charge in [0.05, 0.1) is 6.04 Å². The fraction of sp³-hybridized carbons (Fsp3) is 0.588. The second-order valence-corrected chi connectivity index (χ2v) is 6.27. The highest BCUT2D eigenvalue weighted by molar-refractivity contribution is 5.93. The van der Waals surface area contributed by atoms with Crippen LogP contribution in [-0.4, -0.2) is 18.0 Å². The van der Waals surface area contributed by atoms with Gasteiger partial charge >= 0.3 is 0 Å². The maximum atomic E-state index is 12.2. The lowest BCUT2D eigenvalue weighted by atomic mass is 9.78. The van der Waals surface area contributed by atoms with Gasteiger partial charge in [-0.05, 0) is 44.2 Å². The van der Waals surface area contributed by atoms with Crippen molar-refractivity contribution in [3.05, 3.63) is 30.3 Å². The van der Waals surface area contributed by atoms with Gasteiger partial charge in [0, 0.05) is 11.6 Å². The maximum absolute atomic E-state index is 12.2. The molecule has 0 aromatic heterocycles. The molecule has 1 aliphatic carbocycles. The van der Waals surface area contributed by atoms with E-state index >= 15 is 0 Å². The van der Waals surface area contributed by atoms with Gasteiger partial charge in [0.2, 0.25) is 0 Å². The van der Waals surface area contributed by atoms with Crippen LogP contribution in [0.25, 0.3) is 0 Å². The zero-order valence-corrected chi connectivity index (χ0v) is 12.8. The zero-order valence-electron chi connectivity index (χ0n) is 12.8. The van der Waals surface area contributed by atoms with Gasteiger partial charge in [0.1, 0.15) is 0 Å². The smallest absolute Gasteiger partial charge is 0.282 e. The Morgan fingerprint density at radius 1 is 1.25 bits per heavy atom. The van der Waals surface area contributed by atoms with Crippen molar-refractivity contribution in [3.8, 4) is 0 Å². The summed E-state index contributed by atoms with van der Waals surface area (Å²) in [6.07, 6.45) is 3.85. The average molecular weight is 275 g/mol. The van der Waals surface area contributed by atoms with Crippen LogP contribution in [-0.2, 0) is 4.79 Å². The minimum absolute atomic E-state index is 0.0343. The second kappa shape index (κ2) is 6.89. The van der Waals surface area contributed by atoms with Gasteiger partial charge in [0.15, 0.2) is 6.04 Å². The van der Waals surface area contributed by atoms with Crippen molar-refractivity contribution in [2.45, 2.75) is 52.1 Å². The number of amides is 1. The molecule has 0 heterocycles. The maximum Gasteiger partial charge on any atom is 0.282 e. The van der Waals surface area contributed by atoms with Gasteiger partial charge in [0.25, 0.3) is 5.91 Å². The summed E-state index contributed by atoms with van der Waals surface area (Å²) < 4.78 is 0. The van der Waals surface area contributed by atoms with Gasteiger partial charge in [-0.2, -0.15) is 0 Å². The Labute approximate surface area is 122 Å². The second-order valence-electron chi connectivity index (χ2n) is 6.27. The summed E-state index contributed by atoms with van der Waals surface area (Å²) in [6, 6.07) is 10.2. The molecule has 20 heavy (non-hydrogen) atoms. The molecule has 0 unspecified atom stereocenters. The molecule has 0 radical (unpaired) electrons. The molecular formula is C17H27N2O+. The molecule has 110 valence electrons. The molecule has 4 atom stereocenters. The highest BCUT2D eigenvalue weighted by atomic mass is 16.2. The summed E-state index contributed by atoms with van der Waals surface area (Å²) in [5.41, 5.74) is 0.878. The SMILES string of the molecule is C[C@H]1[C@@H]([NH2+][C@@H](C)C(=O)Nc2ccccc2)CCC[C@@H]1C. The number of anilines is 1. The Kier molecular flexibility index (Phi) is 5.18. The predicted octanol–water partition coefficient (Wildman–Crippen LogP) is 2.40. The quantitative estimate of drug-likeness (QED) is 0.871. The average Bonchev–Trinajstić information content (AvgIpc) is 2.45. The number of para-hydroxylation sites is 1. The topological polar surface area (TPSA) is 45.7 Å². The highest BCUT2D eigenvalue weighted by Gasteiger charge is 2.32. The third-order valence-electron chi connectivity index (χ3n) is 4.76. The zero-order chi connectivity index (χ0) is 14.5. The summed E-state index contributed by atoms with van der Waals surface area (Å²) in [5, 5.41) is 5.25. The van der Waals surface area contributed by atoms with E-state index in [-0.39, 0.29) is 11.9 Å². The number of carbonyl (C=O) groups is 1. The number of hydrogen-bond acceptors (Lipinski definition) is 1. The number of quaternary nitrogens is 1. The van der Waals surface area contributed by atoms with Crippen molar-refractivity contribution in [1.29, 1.82) is 0 Å². The lowest BCUT2D eigenvalue weighted by Crippen LogP contribution is -2.97. The highest BCUT2D eigenvalue weighted by Crippen LogP contribution is 2.27. The van der Waals surface area contributed by atoms with Crippen LogP contribution >= 0.6 is 0 Å². The molecule has 1 fully saturated rings. The van der Waals surface area contributed by atoms with Gasteiger partial charge in [-0.25, -0.2) is 0 Å². The molecule has 3 N–H and O–H groups in total. The molecule has 1 aliphatic rings. The number of hydrogen-bond donors (Lipinski definition) is 2. The first kappa shape index (κ1) is 15.0. The molecule has 1 saturated carbocycles. The molecular weight excluding hydrogens is 248 g/mol. The van der Waals surface area contributed by atoms with E-state index in [0.29, 0.717) is 12.0 Å². The van der Waals surface area contributed by atoms with E-state index in [1.54, 1.807) is 0 Å². The van der Waals surface area contributed by atoms with Crippen molar-refractivity contribution in [3.63, 3.8) is 0 Å². The first-order chi connectivity index (χ1) is 9.58. The van der Waals surface area contributed by atoms with Crippen LogP contribution in [0.1, 0.15) is 40.0 Å². The molecule has 2 rings (SSSR count). The van der Waals surface area contributed by atoms with Crippen molar-refractivity contribution in [2.24, 2.45) is 11.8 Å². The molecule has 0 aliphatic heterocycles. The van der Waals surface area contributed by atoms with Crippen LogP contribution in [0.4, 0.5) is 5.69 Å². The lowest BCUT2D eigenvalue weighted by Gasteiger charge is -2.33. The summed E-state index contributed by atoms with van der Waals surface area (Å²) in [5.74, 6) is 1.56. The molecule has 1 aromatic rings. The van der Waals surface area contributed by atoms with Crippen molar-refractivity contribution in [1.82, 2.24) is 0 Å². The van der Waals surface area contributed by atoms with Crippen molar-refractivity contribution in [2.75, 3.05) is 5.32 Å². The molecule has 1 aromatic carbocycles. The third-order valence-corrected chi connectivity index (χ3v) is 4.76. The number of carbonyl (C=O) groups excluding carboxylic acids is 1. The van der Waals surface area contributed by atoms with E-state index in [1.165, 1.54) is 19.3 Å². The fourth-order valence-electron chi connectivity index (χ4n) is 3.13. The van der Waals surface area contributed by atoms with E-state index in [2.05, 4.69) is 24.5 Å². The summed E-state index contributed by atoms with van der Waals surface area (Å²) in [7, 11) is 0. The Morgan fingerprint density at radius 3 is 2.65 bits per heavy atom. The molecule has 0 spiro atoms. The summed E-state index contributed by atoms with van der Waals surface area (Å²) >= 11 is 0. The van der Waals surface area contributed by atoms with Crippen LogP contribution in [0.2, 0.25) is 0 Å². The monoisotopic (exact) mass is 275 g/mol. The summed E-state index contributed by atoms with van der Waals surface area (Å²) in [4.78, 5) is 12.2. The van der Waals surface area contributed by atoms with Crippen LogP contribution in [0.5, 0.6) is 0 Å². The first-order valence-corrected chi connectivity index (χ1v) is 7.79. The standard InChI is InChI=1S/C17H26N2O/c1-12-8-7-11-16(13(12)2)18-14(3)17(20)19-15-9-5-4-6-10-15/h4-6,9-10,12-14,16,18H,7-8,11H2,1-3H3,(H,19,20)/p+1/t12-,13+,14-,16-/m0/s1. The minimum atomic E-state index is -0.0343. The largest absolute Gasteiger partial charge is 0.334 e. The van der Waals surface area contributed by atoms with Gasteiger partial charge in [-0.3, -0.25) is 4.79 Å². The molecule has 3 nitrogen and oxygen atoms in total. The number of nitrogens with one attached hydrogen (secondary N) is 1. The summed E-state index contributed by atoms with van der Waals surface area (Å²) in [6.45, 7) is 6.66. The number of rotatable bonds is 4. The molecule has 0 saturated heterocycles. The Balaban J connectivity index is 1.87. The fourth-order valence-corrected chi connectivity index (χ4v) is 3.13. The molecule has 0 bridgehead atoms. The van der Waals surface area contributed by atoms with E-state index < -0.39 is 0 Å². The van der Waals surface area contributed by atoms with Crippen LogP contribution in [0, 0.1) is 11.8 Å².